The van der Waals surface area contributed by atoms with Gasteiger partial charge in [-0.05, 0) is 38.4 Å². The molecule has 1 unspecified atom stereocenters. The Morgan fingerprint density at radius 1 is 1.56 bits per heavy atom. The van der Waals surface area contributed by atoms with Crippen molar-refractivity contribution in [2.24, 2.45) is 0 Å². The Balaban J connectivity index is 1.98. The standard InChI is InChI=1S/C13H22N2O/c1-3-11(9-14-2)15(12-6-7-12)10-13-5-4-8-16-13/h4-5,8,11-12,14H,3,6-7,9-10H2,1-2H3. The topological polar surface area (TPSA) is 28.4 Å². The molecule has 3 heteroatoms. The molecule has 0 radical (unpaired) electrons. The van der Waals surface area contributed by atoms with Gasteiger partial charge in [0.05, 0.1) is 12.8 Å². The molecule has 1 aromatic heterocycles. The predicted molar refractivity (Wildman–Crippen MR) is 65.3 cm³/mol. The highest BCUT2D eigenvalue weighted by Crippen LogP contribution is 2.30. The molecule has 0 amide bonds. The minimum Gasteiger partial charge on any atom is -0.468 e. The van der Waals surface area contributed by atoms with Gasteiger partial charge in [-0.15, -0.1) is 0 Å². The highest BCUT2D eigenvalue weighted by atomic mass is 16.3. The zero-order valence-electron chi connectivity index (χ0n) is 10.3. The van der Waals surface area contributed by atoms with Crippen LogP contribution < -0.4 is 5.32 Å². The van der Waals surface area contributed by atoms with E-state index in [1.165, 1.54) is 19.3 Å². The van der Waals surface area contributed by atoms with E-state index in [2.05, 4.69) is 23.2 Å². The van der Waals surface area contributed by atoms with E-state index < -0.39 is 0 Å². The first-order valence-electron chi connectivity index (χ1n) is 6.28. The summed E-state index contributed by atoms with van der Waals surface area (Å²) < 4.78 is 5.45. The highest BCUT2D eigenvalue weighted by molar-refractivity contribution is 5.01. The average molecular weight is 222 g/mol. The van der Waals surface area contributed by atoms with Crippen LogP contribution in [-0.2, 0) is 6.54 Å². The molecule has 2 rings (SSSR count). The normalized spacial score (nSPS) is 17.9. The summed E-state index contributed by atoms with van der Waals surface area (Å²) in [6.45, 7) is 4.28. The van der Waals surface area contributed by atoms with Crippen LogP contribution in [0.4, 0.5) is 0 Å². The number of nitrogens with zero attached hydrogens (tertiary/aromatic N) is 1. The van der Waals surface area contributed by atoms with Gasteiger partial charge in [-0.3, -0.25) is 4.90 Å². The largest absolute Gasteiger partial charge is 0.468 e. The summed E-state index contributed by atoms with van der Waals surface area (Å²) in [5.41, 5.74) is 0. The zero-order chi connectivity index (χ0) is 11.4. The van der Waals surface area contributed by atoms with Gasteiger partial charge in [-0.2, -0.15) is 0 Å². The van der Waals surface area contributed by atoms with Crippen LogP contribution in [0.25, 0.3) is 0 Å². The molecule has 0 saturated heterocycles. The van der Waals surface area contributed by atoms with Gasteiger partial charge in [0.1, 0.15) is 5.76 Å². The van der Waals surface area contributed by atoms with Crippen LogP contribution in [0.3, 0.4) is 0 Å². The third-order valence-corrected chi connectivity index (χ3v) is 3.31. The molecule has 0 spiro atoms. The van der Waals surface area contributed by atoms with Crippen LogP contribution >= 0.6 is 0 Å². The van der Waals surface area contributed by atoms with Crippen molar-refractivity contribution in [3.05, 3.63) is 24.2 Å². The van der Waals surface area contributed by atoms with E-state index >= 15 is 0 Å². The first kappa shape index (κ1) is 11.7. The van der Waals surface area contributed by atoms with Gasteiger partial charge in [-0.25, -0.2) is 0 Å². The van der Waals surface area contributed by atoms with Crippen molar-refractivity contribution >= 4 is 0 Å². The van der Waals surface area contributed by atoms with Crippen LogP contribution in [0.2, 0.25) is 0 Å². The second-order valence-electron chi connectivity index (χ2n) is 4.60. The van der Waals surface area contributed by atoms with Gasteiger partial charge in [0.15, 0.2) is 0 Å². The lowest BCUT2D eigenvalue weighted by Crippen LogP contribution is -2.42. The average Bonchev–Trinajstić information content (AvgIpc) is 3.01. The number of furan rings is 1. The zero-order valence-corrected chi connectivity index (χ0v) is 10.3. The molecular weight excluding hydrogens is 200 g/mol. The van der Waals surface area contributed by atoms with Crippen molar-refractivity contribution < 1.29 is 4.42 Å². The van der Waals surface area contributed by atoms with E-state index in [4.69, 9.17) is 4.42 Å². The molecule has 3 nitrogen and oxygen atoms in total. The van der Waals surface area contributed by atoms with Crippen LogP contribution in [0.5, 0.6) is 0 Å². The van der Waals surface area contributed by atoms with E-state index in [0.29, 0.717) is 6.04 Å². The maximum absolute atomic E-state index is 5.45. The Labute approximate surface area is 97.8 Å². The first-order valence-corrected chi connectivity index (χ1v) is 6.28. The Morgan fingerprint density at radius 2 is 2.38 bits per heavy atom. The number of rotatable bonds is 7. The third kappa shape index (κ3) is 2.86. The minimum absolute atomic E-state index is 0.627. The lowest BCUT2D eigenvalue weighted by molar-refractivity contribution is 0.157. The molecule has 0 bridgehead atoms. The van der Waals surface area contributed by atoms with Crippen molar-refractivity contribution in [3.63, 3.8) is 0 Å². The van der Waals surface area contributed by atoms with Crippen molar-refractivity contribution in [2.75, 3.05) is 13.6 Å². The van der Waals surface area contributed by atoms with E-state index in [9.17, 15) is 0 Å². The van der Waals surface area contributed by atoms with E-state index in [0.717, 1.165) is 24.9 Å². The number of likely N-dealkylation sites (N-methyl/N-ethyl adjacent to an activating group) is 1. The smallest absolute Gasteiger partial charge is 0.117 e. The molecule has 1 fully saturated rings. The summed E-state index contributed by atoms with van der Waals surface area (Å²) in [6.07, 6.45) is 5.65. The summed E-state index contributed by atoms with van der Waals surface area (Å²) >= 11 is 0. The monoisotopic (exact) mass is 222 g/mol. The Hall–Kier alpha value is -0.800. The molecular formula is C13H22N2O. The van der Waals surface area contributed by atoms with Crippen LogP contribution in [0.1, 0.15) is 31.9 Å². The van der Waals surface area contributed by atoms with Crippen molar-refractivity contribution in [1.29, 1.82) is 0 Å². The van der Waals surface area contributed by atoms with Crippen molar-refractivity contribution in [2.45, 2.75) is 44.8 Å². The van der Waals surface area contributed by atoms with E-state index in [1.54, 1.807) is 6.26 Å². The molecule has 1 saturated carbocycles. The second kappa shape index (κ2) is 5.51. The summed E-state index contributed by atoms with van der Waals surface area (Å²) in [5.74, 6) is 1.08. The highest BCUT2D eigenvalue weighted by Gasteiger charge is 2.33. The quantitative estimate of drug-likeness (QED) is 0.767. The fourth-order valence-corrected chi connectivity index (χ4v) is 2.28. The first-order chi connectivity index (χ1) is 7.85. The number of hydrogen-bond acceptors (Lipinski definition) is 3. The number of hydrogen-bond donors (Lipinski definition) is 1. The molecule has 90 valence electrons. The van der Waals surface area contributed by atoms with Crippen LogP contribution in [-0.4, -0.2) is 30.6 Å². The summed E-state index contributed by atoms with van der Waals surface area (Å²) in [6, 6.07) is 5.45. The van der Waals surface area contributed by atoms with Crippen LogP contribution in [0.15, 0.2) is 22.8 Å². The van der Waals surface area contributed by atoms with E-state index in [1.807, 2.05) is 13.1 Å². The van der Waals surface area contributed by atoms with Gasteiger partial charge in [0, 0.05) is 18.6 Å². The predicted octanol–water partition coefficient (Wildman–Crippen LogP) is 2.24. The Kier molecular flexibility index (Phi) is 4.02. The lowest BCUT2D eigenvalue weighted by atomic mass is 10.1. The van der Waals surface area contributed by atoms with Crippen LogP contribution in [0, 0.1) is 0 Å². The summed E-state index contributed by atoms with van der Waals surface area (Å²) in [5, 5.41) is 3.29. The molecule has 16 heavy (non-hydrogen) atoms. The maximum Gasteiger partial charge on any atom is 0.117 e. The molecule has 1 aromatic rings. The SMILES string of the molecule is CCC(CNC)N(Cc1ccco1)C1CC1. The maximum atomic E-state index is 5.45. The van der Waals surface area contributed by atoms with Crippen molar-refractivity contribution in [1.82, 2.24) is 10.2 Å². The van der Waals surface area contributed by atoms with Gasteiger partial charge >= 0.3 is 0 Å². The second-order valence-corrected chi connectivity index (χ2v) is 4.60. The Bertz CT molecular complexity index is 293. The molecule has 1 aliphatic carbocycles. The van der Waals surface area contributed by atoms with Gasteiger partial charge in [0.25, 0.3) is 0 Å². The van der Waals surface area contributed by atoms with Crippen molar-refractivity contribution in [3.8, 4) is 0 Å². The number of nitrogens with one attached hydrogen (secondary N) is 1. The molecule has 0 aliphatic heterocycles. The molecule has 1 heterocycles. The van der Waals surface area contributed by atoms with Gasteiger partial charge < -0.3 is 9.73 Å². The Morgan fingerprint density at radius 3 is 2.88 bits per heavy atom. The molecule has 0 aromatic carbocycles. The summed E-state index contributed by atoms with van der Waals surface area (Å²) in [4.78, 5) is 2.59. The summed E-state index contributed by atoms with van der Waals surface area (Å²) in [7, 11) is 2.03. The minimum atomic E-state index is 0.627. The molecule has 1 atom stereocenters. The fourth-order valence-electron chi connectivity index (χ4n) is 2.28. The van der Waals surface area contributed by atoms with Gasteiger partial charge in [0.2, 0.25) is 0 Å². The fraction of sp³-hybridized carbons (Fsp3) is 0.692. The third-order valence-electron chi connectivity index (χ3n) is 3.31. The lowest BCUT2D eigenvalue weighted by Gasteiger charge is -2.30. The van der Waals surface area contributed by atoms with Gasteiger partial charge in [-0.1, -0.05) is 6.92 Å². The molecule has 1 N–H and O–H groups in total. The van der Waals surface area contributed by atoms with E-state index in [-0.39, 0.29) is 0 Å². The molecule has 1 aliphatic rings.